The Kier molecular flexibility index (Phi) is 6.09. The molecule has 2 rings (SSSR count). The molecule has 1 aromatic rings. The highest BCUT2D eigenvalue weighted by molar-refractivity contribution is 5.94. The van der Waals surface area contributed by atoms with Crippen LogP contribution in [0.1, 0.15) is 23.2 Å². The first-order chi connectivity index (χ1) is 8.27. The fourth-order valence-corrected chi connectivity index (χ4v) is 2.07. The minimum Gasteiger partial charge on any atom is -0.351 e. The van der Waals surface area contributed by atoms with Gasteiger partial charge in [-0.25, -0.2) is 4.39 Å². The van der Waals surface area contributed by atoms with Crippen molar-refractivity contribution in [1.29, 1.82) is 0 Å². The molecule has 1 heterocycles. The Morgan fingerprint density at radius 2 is 1.94 bits per heavy atom. The first-order valence-electron chi connectivity index (χ1n) is 6.02. The molecule has 0 aliphatic carbocycles. The fourth-order valence-electron chi connectivity index (χ4n) is 2.07. The number of nitrogens with zero attached hydrogens (tertiary/aromatic N) is 1. The molecule has 1 aliphatic rings. The molecular weight excluding hydrogens is 255 g/mol. The van der Waals surface area contributed by atoms with Gasteiger partial charge in [0.15, 0.2) is 0 Å². The van der Waals surface area contributed by atoms with Crippen molar-refractivity contribution in [1.82, 2.24) is 10.2 Å². The highest BCUT2D eigenvalue weighted by atomic mass is 35.5. The highest BCUT2D eigenvalue weighted by Crippen LogP contribution is 2.07. The monoisotopic (exact) mass is 272 g/mol. The average molecular weight is 273 g/mol. The van der Waals surface area contributed by atoms with Gasteiger partial charge in [0.1, 0.15) is 5.82 Å². The Morgan fingerprint density at radius 3 is 2.61 bits per heavy atom. The summed E-state index contributed by atoms with van der Waals surface area (Å²) in [7, 11) is 0. The average Bonchev–Trinajstić information content (AvgIpc) is 2.82. The smallest absolute Gasteiger partial charge is 0.254 e. The predicted molar refractivity (Wildman–Crippen MR) is 71.7 cm³/mol. The zero-order chi connectivity index (χ0) is 12.1. The van der Waals surface area contributed by atoms with Crippen molar-refractivity contribution in [2.45, 2.75) is 12.8 Å². The molecule has 0 aromatic heterocycles. The summed E-state index contributed by atoms with van der Waals surface area (Å²) in [6, 6.07) is 6.05. The summed E-state index contributed by atoms with van der Waals surface area (Å²) in [5.74, 6) is -0.798. The molecule has 1 aliphatic heterocycles. The van der Waals surface area contributed by atoms with Crippen molar-refractivity contribution in [2.24, 2.45) is 0 Å². The van der Waals surface area contributed by atoms with Crippen LogP contribution in [0.3, 0.4) is 0 Å². The molecule has 1 N–H and O–H groups in total. The van der Waals surface area contributed by atoms with Gasteiger partial charge in [-0.2, -0.15) is 0 Å². The summed E-state index contributed by atoms with van der Waals surface area (Å²) in [6.45, 7) is 3.64. The number of carbonyl (C=O) groups excluding carboxylic acids is 1. The van der Waals surface area contributed by atoms with Crippen molar-refractivity contribution < 1.29 is 9.18 Å². The van der Waals surface area contributed by atoms with Crippen molar-refractivity contribution >= 4 is 18.3 Å². The van der Waals surface area contributed by atoms with Gasteiger partial charge in [0.2, 0.25) is 0 Å². The van der Waals surface area contributed by atoms with Gasteiger partial charge in [0.05, 0.1) is 5.56 Å². The van der Waals surface area contributed by atoms with E-state index in [1.807, 2.05) is 0 Å². The van der Waals surface area contributed by atoms with E-state index >= 15 is 0 Å². The lowest BCUT2D eigenvalue weighted by Crippen LogP contribution is -2.33. The zero-order valence-electron chi connectivity index (χ0n) is 10.2. The van der Waals surface area contributed by atoms with Gasteiger partial charge in [0, 0.05) is 13.1 Å². The number of halogens is 2. The number of rotatable bonds is 4. The van der Waals surface area contributed by atoms with Crippen LogP contribution in [0.15, 0.2) is 24.3 Å². The second kappa shape index (κ2) is 7.34. The highest BCUT2D eigenvalue weighted by Gasteiger charge is 2.13. The molecule has 18 heavy (non-hydrogen) atoms. The lowest BCUT2D eigenvalue weighted by Gasteiger charge is -2.14. The lowest BCUT2D eigenvalue weighted by molar-refractivity contribution is 0.0945. The molecule has 3 nitrogen and oxygen atoms in total. The first kappa shape index (κ1) is 14.9. The van der Waals surface area contributed by atoms with Crippen molar-refractivity contribution in [2.75, 3.05) is 26.2 Å². The first-order valence-corrected chi connectivity index (χ1v) is 6.02. The van der Waals surface area contributed by atoms with Crippen LogP contribution < -0.4 is 5.32 Å². The Morgan fingerprint density at radius 1 is 1.28 bits per heavy atom. The number of likely N-dealkylation sites (tertiary alicyclic amines) is 1. The van der Waals surface area contributed by atoms with Gasteiger partial charge in [-0.05, 0) is 38.1 Å². The molecule has 1 amide bonds. The van der Waals surface area contributed by atoms with Crippen LogP contribution in [0.25, 0.3) is 0 Å². The summed E-state index contributed by atoms with van der Waals surface area (Å²) in [4.78, 5) is 14.0. The third-order valence-electron chi connectivity index (χ3n) is 3.03. The van der Waals surface area contributed by atoms with Crippen molar-refractivity contribution in [3.63, 3.8) is 0 Å². The standard InChI is InChI=1S/C13H17FN2O.ClH/c14-12-6-2-1-5-11(12)13(17)15-7-10-16-8-3-4-9-16;/h1-2,5-6H,3-4,7-10H2,(H,15,17);1H. The maximum atomic E-state index is 13.3. The normalized spacial score (nSPS) is 15.2. The summed E-state index contributed by atoms with van der Waals surface area (Å²) in [5, 5.41) is 2.75. The Hall–Kier alpha value is -1.13. The van der Waals surface area contributed by atoms with Gasteiger partial charge in [-0.1, -0.05) is 12.1 Å². The second-order valence-electron chi connectivity index (χ2n) is 4.28. The van der Waals surface area contributed by atoms with E-state index in [1.165, 1.54) is 25.0 Å². The van der Waals surface area contributed by atoms with Crippen LogP contribution in [0.4, 0.5) is 4.39 Å². The van der Waals surface area contributed by atoms with Crippen LogP contribution in [-0.4, -0.2) is 37.0 Å². The molecule has 0 spiro atoms. The lowest BCUT2D eigenvalue weighted by atomic mass is 10.2. The fraction of sp³-hybridized carbons (Fsp3) is 0.462. The Bertz CT molecular complexity index is 394. The van der Waals surface area contributed by atoms with E-state index in [9.17, 15) is 9.18 Å². The maximum absolute atomic E-state index is 13.3. The van der Waals surface area contributed by atoms with Crippen LogP contribution in [0.5, 0.6) is 0 Å². The molecule has 5 heteroatoms. The van der Waals surface area contributed by atoms with Crippen LogP contribution in [-0.2, 0) is 0 Å². The van der Waals surface area contributed by atoms with E-state index in [2.05, 4.69) is 10.2 Å². The number of carbonyl (C=O) groups is 1. The maximum Gasteiger partial charge on any atom is 0.254 e. The van der Waals surface area contributed by atoms with Gasteiger partial charge >= 0.3 is 0 Å². The third-order valence-corrected chi connectivity index (χ3v) is 3.03. The van der Waals surface area contributed by atoms with Crippen molar-refractivity contribution in [3.8, 4) is 0 Å². The second-order valence-corrected chi connectivity index (χ2v) is 4.28. The molecule has 0 unspecified atom stereocenters. The number of hydrogen-bond acceptors (Lipinski definition) is 2. The van der Waals surface area contributed by atoms with Gasteiger partial charge < -0.3 is 10.2 Å². The summed E-state index contributed by atoms with van der Waals surface area (Å²) < 4.78 is 13.3. The summed E-state index contributed by atoms with van der Waals surface area (Å²) in [6.07, 6.45) is 2.47. The van der Waals surface area contributed by atoms with E-state index in [-0.39, 0.29) is 23.9 Å². The molecule has 1 saturated heterocycles. The minimum absolute atomic E-state index is 0. The largest absolute Gasteiger partial charge is 0.351 e. The number of hydrogen-bond donors (Lipinski definition) is 1. The van der Waals surface area contributed by atoms with E-state index in [0.717, 1.165) is 19.6 Å². The molecule has 100 valence electrons. The van der Waals surface area contributed by atoms with E-state index in [0.29, 0.717) is 6.54 Å². The molecule has 0 saturated carbocycles. The minimum atomic E-state index is -0.467. The molecular formula is C13H18ClFN2O. The van der Waals surface area contributed by atoms with Gasteiger partial charge in [-0.15, -0.1) is 12.4 Å². The quantitative estimate of drug-likeness (QED) is 0.910. The summed E-state index contributed by atoms with van der Waals surface area (Å²) >= 11 is 0. The third kappa shape index (κ3) is 3.96. The van der Waals surface area contributed by atoms with Gasteiger partial charge in [-0.3, -0.25) is 4.79 Å². The van der Waals surface area contributed by atoms with Gasteiger partial charge in [0.25, 0.3) is 5.91 Å². The van der Waals surface area contributed by atoms with Crippen LogP contribution >= 0.6 is 12.4 Å². The predicted octanol–water partition coefficient (Wildman–Crippen LogP) is 2.07. The zero-order valence-corrected chi connectivity index (χ0v) is 11.0. The molecule has 0 bridgehead atoms. The van der Waals surface area contributed by atoms with Crippen LogP contribution in [0, 0.1) is 5.82 Å². The SMILES string of the molecule is Cl.O=C(NCCN1CCCC1)c1ccccc1F. The molecule has 1 fully saturated rings. The Labute approximate surface area is 113 Å². The number of nitrogens with one attached hydrogen (secondary N) is 1. The topological polar surface area (TPSA) is 32.3 Å². The summed E-state index contributed by atoms with van der Waals surface area (Å²) in [5.41, 5.74) is 0.119. The van der Waals surface area contributed by atoms with E-state index < -0.39 is 5.82 Å². The number of amides is 1. The van der Waals surface area contributed by atoms with E-state index in [1.54, 1.807) is 12.1 Å². The van der Waals surface area contributed by atoms with Crippen molar-refractivity contribution in [3.05, 3.63) is 35.6 Å². The molecule has 0 atom stereocenters. The van der Waals surface area contributed by atoms with E-state index in [4.69, 9.17) is 0 Å². The molecule has 0 radical (unpaired) electrons. The Balaban J connectivity index is 0.00000162. The number of benzene rings is 1. The molecule has 1 aromatic carbocycles. The van der Waals surface area contributed by atoms with Crippen LogP contribution in [0.2, 0.25) is 0 Å².